The normalized spacial score (nSPS) is 10.4. The number of halogens is 2. The zero-order valence-corrected chi connectivity index (χ0v) is 13.7. The van der Waals surface area contributed by atoms with E-state index < -0.39 is 0 Å². The van der Waals surface area contributed by atoms with Crippen molar-refractivity contribution < 1.29 is 4.74 Å². The van der Waals surface area contributed by atoms with Crippen molar-refractivity contribution in [2.75, 3.05) is 11.9 Å². The van der Waals surface area contributed by atoms with E-state index in [0.717, 1.165) is 31.2 Å². The van der Waals surface area contributed by atoms with Gasteiger partial charge in [0.2, 0.25) is 0 Å². The first kappa shape index (κ1) is 13.8. The van der Waals surface area contributed by atoms with Crippen molar-refractivity contribution in [1.29, 1.82) is 0 Å². The fourth-order valence-corrected chi connectivity index (χ4v) is 3.39. The topological polar surface area (TPSA) is 34.2 Å². The Labute approximate surface area is 127 Å². The molecular weight excluding hydrogens is 380 g/mol. The summed E-state index contributed by atoms with van der Waals surface area (Å²) in [6, 6.07) is 5.87. The lowest BCUT2D eigenvalue weighted by Crippen LogP contribution is -1.95. The van der Waals surface area contributed by atoms with Gasteiger partial charge in [-0.15, -0.1) is 0 Å². The number of rotatable bonds is 5. The molecule has 1 aromatic carbocycles. The highest BCUT2D eigenvalue weighted by Crippen LogP contribution is 2.34. The molecule has 0 atom stereocenters. The summed E-state index contributed by atoms with van der Waals surface area (Å²) < 4.78 is 7.67. The van der Waals surface area contributed by atoms with Crippen LogP contribution in [0.1, 0.15) is 11.8 Å². The molecule has 0 radical (unpaired) electrons. The maximum Gasteiger partial charge on any atom is 0.182 e. The van der Waals surface area contributed by atoms with Crippen LogP contribution in [-0.2, 0) is 6.61 Å². The van der Waals surface area contributed by atoms with E-state index in [1.165, 1.54) is 0 Å². The molecule has 0 spiro atoms. The third-order valence-corrected chi connectivity index (χ3v) is 4.34. The van der Waals surface area contributed by atoms with E-state index >= 15 is 0 Å². The minimum Gasteiger partial charge on any atom is -0.486 e. The number of para-hydroxylation sites is 1. The van der Waals surface area contributed by atoms with Gasteiger partial charge in [0.15, 0.2) is 5.13 Å². The fourth-order valence-electron chi connectivity index (χ4n) is 1.37. The molecule has 1 N–H and O–H groups in total. The van der Waals surface area contributed by atoms with Gasteiger partial charge in [-0.3, -0.25) is 0 Å². The molecule has 0 aliphatic carbocycles. The van der Waals surface area contributed by atoms with Crippen molar-refractivity contribution in [3.63, 3.8) is 0 Å². The molecule has 0 unspecified atom stereocenters. The highest BCUT2D eigenvalue weighted by molar-refractivity contribution is 9.11. The van der Waals surface area contributed by atoms with Crippen LogP contribution in [0.3, 0.4) is 0 Å². The quantitative estimate of drug-likeness (QED) is 0.803. The number of nitrogens with zero attached hydrogens (tertiary/aromatic N) is 1. The summed E-state index contributed by atoms with van der Waals surface area (Å²) >= 11 is 8.55. The monoisotopic (exact) mass is 390 g/mol. The highest BCUT2D eigenvalue weighted by atomic mass is 79.9. The molecule has 1 aromatic heterocycles. The molecule has 0 aliphatic heterocycles. The summed E-state index contributed by atoms with van der Waals surface area (Å²) in [5.74, 6) is 0.816. The van der Waals surface area contributed by atoms with Crippen molar-refractivity contribution in [3.8, 4) is 5.75 Å². The number of ether oxygens (including phenoxy) is 1. The fraction of sp³-hybridized carbons (Fsp3) is 0.250. The van der Waals surface area contributed by atoms with Gasteiger partial charge >= 0.3 is 0 Å². The number of anilines is 1. The molecule has 0 aliphatic rings. The third-order valence-electron chi connectivity index (χ3n) is 2.16. The number of hydrogen-bond donors (Lipinski definition) is 1. The van der Waals surface area contributed by atoms with Crippen LogP contribution in [-0.4, -0.2) is 11.5 Å². The standard InChI is InChI=1S/C12H12Br2N2OS/c1-2-15-12-16-6-8(18-12)7-17-11-9(13)4-3-5-10(11)14/h3-6H,2,7H2,1H3,(H,15,16). The van der Waals surface area contributed by atoms with E-state index in [4.69, 9.17) is 4.74 Å². The van der Waals surface area contributed by atoms with E-state index in [-0.39, 0.29) is 0 Å². The van der Waals surface area contributed by atoms with Crippen molar-refractivity contribution >= 4 is 48.3 Å². The Morgan fingerprint density at radius 3 is 2.72 bits per heavy atom. The zero-order chi connectivity index (χ0) is 13.0. The largest absolute Gasteiger partial charge is 0.486 e. The average molecular weight is 392 g/mol. The molecule has 18 heavy (non-hydrogen) atoms. The number of thiazole rings is 1. The van der Waals surface area contributed by atoms with Crippen LogP contribution < -0.4 is 10.1 Å². The minimum absolute atomic E-state index is 0.518. The Morgan fingerprint density at radius 2 is 2.06 bits per heavy atom. The van der Waals surface area contributed by atoms with E-state index in [1.54, 1.807) is 11.3 Å². The van der Waals surface area contributed by atoms with Gasteiger partial charge in [-0.1, -0.05) is 17.4 Å². The van der Waals surface area contributed by atoms with Crippen LogP contribution >= 0.6 is 43.2 Å². The van der Waals surface area contributed by atoms with Gasteiger partial charge in [-0.2, -0.15) is 0 Å². The number of aromatic nitrogens is 1. The van der Waals surface area contributed by atoms with Crippen molar-refractivity contribution in [1.82, 2.24) is 4.98 Å². The van der Waals surface area contributed by atoms with Crippen molar-refractivity contribution in [2.45, 2.75) is 13.5 Å². The van der Waals surface area contributed by atoms with Gasteiger partial charge in [0.25, 0.3) is 0 Å². The lowest BCUT2D eigenvalue weighted by molar-refractivity contribution is 0.305. The maximum atomic E-state index is 5.79. The summed E-state index contributed by atoms with van der Waals surface area (Å²) in [4.78, 5) is 5.36. The predicted octanol–water partition coefficient (Wildman–Crippen LogP) is 4.68. The summed E-state index contributed by atoms with van der Waals surface area (Å²) in [6.45, 7) is 3.45. The minimum atomic E-state index is 0.518. The van der Waals surface area contributed by atoms with Crippen LogP contribution in [0.15, 0.2) is 33.3 Å². The number of nitrogens with one attached hydrogen (secondary N) is 1. The molecule has 0 bridgehead atoms. The van der Waals surface area contributed by atoms with Gasteiger partial charge in [-0.05, 0) is 50.9 Å². The third kappa shape index (κ3) is 3.46. The molecule has 0 saturated carbocycles. The smallest absolute Gasteiger partial charge is 0.182 e. The van der Waals surface area contributed by atoms with Gasteiger partial charge in [-0.25, -0.2) is 4.98 Å². The molecule has 2 aromatic rings. The molecular formula is C12H12Br2N2OS. The number of benzene rings is 1. The van der Waals surface area contributed by atoms with Crippen molar-refractivity contribution in [2.24, 2.45) is 0 Å². The Balaban J connectivity index is 2.02. The molecule has 2 rings (SSSR count). The van der Waals surface area contributed by atoms with Gasteiger partial charge < -0.3 is 10.1 Å². The molecule has 0 amide bonds. The van der Waals surface area contributed by atoms with E-state index in [9.17, 15) is 0 Å². The second-order valence-corrected chi connectivity index (χ2v) is 6.33. The van der Waals surface area contributed by atoms with Crippen LogP contribution in [0, 0.1) is 0 Å². The summed E-state index contributed by atoms with van der Waals surface area (Å²) in [6.07, 6.45) is 1.84. The number of hydrogen-bond acceptors (Lipinski definition) is 4. The van der Waals surface area contributed by atoms with E-state index in [1.807, 2.05) is 24.4 Å². The van der Waals surface area contributed by atoms with Crippen LogP contribution in [0.25, 0.3) is 0 Å². The first-order valence-corrected chi connectivity index (χ1v) is 7.86. The second kappa shape index (κ2) is 6.54. The molecule has 96 valence electrons. The molecule has 3 nitrogen and oxygen atoms in total. The van der Waals surface area contributed by atoms with Gasteiger partial charge in [0.05, 0.1) is 13.8 Å². The Hall–Kier alpha value is -0.590. The lowest BCUT2D eigenvalue weighted by atomic mass is 10.3. The zero-order valence-electron chi connectivity index (χ0n) is 9.74. The molecule has 0 fully saturated rings. The Kier molecular flexibility index (Phi) is 5.03. The maximum absolute atomic E-state index is 5.79. The Bertz CT molecular complexity index is 510. The second-order valence-electron chi connectivity index (χ2n) is 3.50. The molecule has 1 heterocycles. The Morgan fingerprint density at radius 1 is 1.33 bits per heavy atom. The first-order chi connectivity index (χ1) is 8.70. The lowest BCUT2D eigenvalue weighted by Gasteiger charge is -2.08. The molecule has 6 heteroatoms. The van der Waals surface area contributed by atoms with Crippen molar-refractivity contribution in [3.05, 3.63) is 38.2 Å². The first-order valence-electron chi connectivity index (χ1n) is 5.46. The SMILES string of the molecule is CCNc1ncc(COc2c(Br)cccc2Br)s1. The van der Waals surface area contributed by atoms with E-state index in [2.05, 4.69) is 49.1 Å². The average Bonchev–Trinajstić information content (AvgIpc) is 2.77. The van der Waals surface area contributed by atoms with Gasteiger partial charge in [0.1, 0.15) is 12.4 Å². The summed E-state index contributed by atoms with van der Waals surface area (Å²) in [5, 5.41) is 4.11. The highest BCUT2D eigenvalue weighted by Gasteiger charge is 2.07. The van der Waals surface area contributed by atoms with Crippen LogP contribution in [0.5, 0.6) is 5.75 Å². The summed E-state index contributed by atoms with van der Waals surface area (Å²) in [7, 11) is 0. The summed E-state index contributed by atoms with van der Waals surface area (Å²) in [5.41, 5.74) is 0. The van der Waals surface area contributed by atoms with Gasteiger partial charge in [0, 0.05) is 12.7 Å². The van der Waals surface area contributed by atoms with Crippen LogP contribution in [0.4, 0.5) is 5.13 Å². The molecule has 0 saturated heterocycles. The predicted molar refractivity (Wildman–Crippen MR) is 82.5 cm³/mol. The van der Waals surface area contributed by atoms with E-state index in [0.29, 0.717) is 6.61 Å². The van der Waals surface area contributed by atoms with Crippen LogP contribution in [0.2, 0.25) is 0 Å².